The molecular formula is C10H9FN2O2. The predicted molar refractivity (Wildman–Crippen MR) is 51.9 cm³/mol. The van der Waals surface area contributed by atoms with E-state index in [1.807, 2.05) is 0 Å². The largest absolute Gasteiger partial charge is 0.337 e. The summed E-state index contributed by atoms with van der Waals surface area (Å²) < 4.78 is 12.9. The van der Waals surface area contributed by atoms with E-state index in [1.165, 1.54) is 18.2 Å². The topological polar surface area (TPSA) is 49.4 Å². The number of imide groups is 1. The Labute approximate surface area is 85.7 Å². The second kappa shape index (κ2) is 3.68. The van der Waals surface area contributed by atoms with Crippen molar-refractivity contribution < 1.29 is 14.0 Å². The lowest BCUT2D eigenvalue weighted by molar-refractivity contribution is -0.118. The highest BCUT2D eigenvalue weighted by atomic mass is 19.1. The van der Waals surface area contributed by atoms with Gasteiger partial charge in [-0.2, -0.15) is 0 Å². The molecule has 4 nitrogen and oxygen atoms in total. The molecule has 1 fully saturated rings. The molecule has 1 aromatic carbocycles. The number of carbonyl (C=O) groups is 2. The molecule has 1 N–H and O–H groups in total. The van der Waals surface area contributed by atoms with Gasteiger partial charge in [-0.3, -0.25) is 4.79 Å². The van der Waals surface area contributed by atoms with Crippen molar-refractivity contribution in [3.63, 3.8) is 0 Å². The van der Waals surface area contributed by atoms with Crippen LogP contribution in [0.15, 0.2) is 24.3 Å². The molecule has 0 saturated carbocycles. The second-order valence-corrected chi connectivity index (χ2v) is 3.19. The second-order valence-electron chi connectivity index (χ2n) is 3.19. The van der Waals surface area contributed by atoms with Crippen molar-refractivity contribution >= 4 is 17.6 Å². The van der Waals surface area contributed by atoms with Crippen LogP contribution in [0.4, 0.5) is 14.9 Å². The van der Waals surface area contributed by atoms with Gasteiger partial charge in [0.1, 0.15) is 5.82 Å². The van der Waals surface area contributed by atoms with Gasteiger partial charge in [-0.25, -0.2) is 14.1 Å². The molecule has 1 aliphatic heterocycles. The lowest BCUT2D eigenvalue weighted by Gasteiger charge is -2.25. The van der Waals surface area contributed by atoms with Crippen LogP contribution in [0.1, 0.15) is 6.42 Å². The molecular weight excluding hydrogens is 199 g/mol. The molecule has 1 aromatic rings. The van der Waals surface area contributed by atoms with Gasteiger partial charge in [0.25, 0.3) is 0 Å². The summed E-state index contributed by atoms with van der Waals surface area (Å²) in [6, 6.07) is 4.89. The standard InChI is InChI=1S/C10H9FN2O2/c11-7-2-1-3-8(6-7)13-9(14)4-5-12-10(13)15/h1-3,6H,4-5H2,(H,12,15). The van der Waals surface area contributed by atoms with E-state index in [2.05, 4.69) is 5.32 Å². The van der Waals surface area contributed by atoms with Crippen LogP contribution >= 0.6 is 0 Å². The number of urea groups is 1. The monoisotopic (exact) mass is 208 g/mol. The van der Waals surface area contributed by atoms with E-state index in [-0.39, 0.29) is 18.0 Å². The Balaban J connectivity index is 2.35. The minimum Gasteiger partial charge on any atom is -0.337 e. The number of carbonyl (C=O) groups excluding carboxylic acids is 2. The van der Waals surface area contributed by atoms with E-state index in [0.29, 0.717) is 6.54 Å². The highest BCUT2D eigenvalue weighted by Crippen LogP contribution is 2.18. The highest BCUT2D eigenvalue weighted by molar-refractivity contribution is 6.15. The summed E-state index contributed by atoms with van der Waals surface area (Å²) in [6.45, 7) is 0.337. The van der Waals surface area contributed by atoms with Crippen molar-refractivity contribution in [1.82, 2.24) is 5.32 Å². The number of rotatable bonds is 1. The van der Waals surface area contributed by atoms with Gasteiger partial charge in [0, 0.05) is 13.0 Å². The van der Waals surface area contributed by atoms with Gasteiger partial charge < -0.3 is 5.32 Å². The molecule has 1 heterocycles. The number of amides is 3. The first kappa shape index (κ1) is 9.64. The lowest BCUT2D eigenvalue weighted by Crippen LogP contribution is -2.50. The first-order chi connectivity index (χ1) is 7.18. The van der Waals surface area contributed by atoms with E-state index in [9.17, 15) is 14.0 Å². The Morgan fingerprint density at radius 2 is 2.13 bits per heavy atom. The zero-order valence-corrected chi connectivity index (χ0v) is 7.87. The molecule has 0 unspecified atom stereocenters. The Hall–Kier alpha value is -1.91. The Morgan fingerprint density at radius 3 is 2.80 bits per heavy atom. The quantitative estimate of drug-likeness (QED) is 0.755. The summed E-state index contributed by atoms with van der Waals surface area (Å²) in [6.07, 6.45) is 0.238. The third-order valence-corrected chi connectivity index (χ3v) is 2.13. The van der Waals surface area contributed by atoms with Crippen molar-refractivity contribution in [2.75, 3.05) is 11.4 Å². The Morgan fingerprint density at radius 1 is 1.33 bits per heavy atom. The lowest BCUT2D eigenvalue weighted by atomic mass is 10.2. The number of nitrogens with one attached hydrogen (secondary N) is 1. The Bertz CT molecular complexity index is 404. The molecule has 78 valence electrons. The summed E-state index contributed by atoms with van der Waals surface area (Å²) in [7, 11) is 0. The fourth-order valence-electron chi connectivity index (χ4n) is 1.46. The van der Waals surface area contributed by atoms with E-state index in [1.54, 1.807) is 0 Å². The van der Waals surface area contributed by atoms with E-state index < -0.39 is 11.8 Å². The molecule has 0 aromatic heterocycles. The average molecular weight is 208 g/mol. The summed E-state index contributed by atoms with van der Waals surface area (Å²) in [5.41, 5.74) is 0.261. The average Bonchev–Trinajstić information content (AvgIpc) is 2.17. The molecule has 15 heavy (non-hydrogen) atoms. The smallest absolute Gasteiger partial charge is 0.328 e. The van der Waals surface area contributed by atoms with Gasteiger partial charge in [0.05, 0.1) is 5.69 Å². The third kappa shape index (κ3) is 1.81. The highest BCUT2D eigenvalue weighted by Gasteiger charge is 2.27. The summed E-state index contributed by atoms with van der Waals surface area (Å²) in [5, 5.41) is 2.52. The maximum Gasteiger partial charge on any atom is 0.328 e. The molecule has 5 heteroatoms. The molecule has 3 amide bonds. The van der Waals surface area contributed by atoms with Crippen LogP contribution in [0.3, 0.4) is 0 Å². The molecule has 2 rings (SSSR count). The third-order valence-electron chi connectivity index (χ3n) is 2.13. The van der Waals surface area contributed by atoms with Crippen LogP contribution < -0.4 is 10.2 Å². The van der Waals surface area contributed by atoms with Gasteiger partial charge in [-0.1, -0.05) is 6.07 Å². The van der Waals surface area contributed by atoms with Gasteiger partial charge >= 0.3 is 6.03 Å². The SMILES string of the molecule is O=C1CCNC(=O)N1c1cccc(F)c1. The first-order valence-corrected chi connectivity index (χ1v) is 4.55. The van der Waals surface area contributed by atoms with Crippen molar-refractivity contribution in [3.05, 3.63) is 30.1 Å². The van der Waals surface area contributed by atoms with Crippen LogP contribution in [0.2, 0.25) is 0 Å². The fourth-order valence-corrected chi connectivity index (χ4v) is 1.46. The van der Waals surface area contributed by atoms with E-state index >= 15 is 0 Å². The number of anilines is 1. The molecule has 1 saturated heterocycles. The van der Waals surface area contributed by atoms with Gasteiger partial charge in [-0.05, 0) is 18.2 Å². The fraction of sp³-hybridized carbons (Fsp3) is 0.200. The van der Waals surface area contributed by atoms with Crippen LogP contribution in [0.25, 0.3) is 0 Å². The van der Waals surface area contributed by atoms with Crippen LogP contribution in [0, 0.1) is 5.82 Å². The van der Waals surface area contributed by atoms with Crippen LogP contribution in [0.5, 0.6) is 0 Å². The predicted octanol–water partition coefficient (Wildman–Crippen LogP) is 1.27. The van der Waals surface area contributed by atoms with Gasteiger partial charge in [0.2, 0.25) is 5.91 Å². The maximum atomic E-state index is 12.9. The summed E-state index contributed by atoms with van der Waals surface area (Å²) in [5.74, 6) is -0.789. The normalized spacial score (nSPS) is 16.5. The summed E-state index contributed by atoms with van der Waals surface area (Å²) >= 11 is 0. The van der Waals surface area contributed by atoms with Gasteiger partial charge in [0.15, 0.2) is 0 Å². The van der Waals surface area contributed by atoms with Crippen molar-refractivity contribution in [2.24, 2.45) is 0 Å². The molecule has 0 atom stereocenters. The van der Waals surface area contributed by atoms with E-state index in [4.69, 9.17) is 0 Å². The molecule has 0 spiro atoms. The molecule has 0 radical (unpaired) electrons. The molecule has 0 aliphatic carbocycles. The molecule has 0 bridgehead atoms. The van der Waals surface area contributed by atoms with Crippen LogP contribution in [-0.2, 0) is 4.79 Å². The van der Waals surface area contributed by atoms with Gasteiger partial charge in [-0.15, -0.1) is 0 Å². The van der Waals surface area contributed by atoms with Crippen molar-refractivity contribution in [2.45, 2.75) is 6.42 Å². The number of benzene rings is 1. The molecule has 1 aliphatic rings. The number of halogens is 1. The Kier molecular flexibility index (Phi) is 2.37. The van der Waals surface area contributed by atoms with Crippen LogP contribution in [-0.4, -0.2) is 18.5 Å². The van der Waals surface area contributed by atoms with Crippen molar-refractivity contribution in [1.29, 1.82) is 0 Å². The minimum absolute atomic E-state index is 0.238. The van der Waals surface area contributed by atoms with Crippen molar-refractivity contribution in [3.8, 4) is 0 Å². The maximum absolute atomic E-state index is 12.9. The summed E-state index contributed by atoms with van der Waals surface area (Å²) in [4.78, 5) is 23.8. The number of hydrogen-bond donors (Lipinski definition) is 1. The zero-order chi connectivity index (χ0) is 10.8. The minimum atomic E-state index is -0.503. The zero-order valence-electron chi connectivity index (χ0n) is 7.87. The number of hydrogen-bond acceptors (Lipinski definition) is 2. The van der Waals surface area contributed by atoms with E-state index in [0.717, 1.165) is 11.0 Å². The first-order valence-electron chi connectivity index (χ1n) is 4.55. The number of nitrogens with zero attached hydrogens (tertiary/aromatic N) is 1.